The van der Waals surface area contributed by atoms with Gasteiger partial charge in [0, 0.05) is 5.88 Å². The highest BCUT2D eigenvalue weighted by Crippen LogP contribution is 2.02. The maximum atomic E-state index is 5.48. The van der Waals surface area contributed by atoms with E-state index in [-0.39, 0.29) is 12.4 Å². The molecule has 0 rings (SSSR count). The fraction of sp³-hybridized carbons (Fsp3) is 1.00. The van der Waals surface area contributed by atoms with Crippen LogP contribution in [0.3, 0.4) is 0 Å². The van der Waals surface area contributed by atoms with Gasteiger partial charge in [0.2, 0.25) is 0 Å². The van der Waals surface area contributed by atoms with Gasteiger partial charge in [-0.05, 0) is 6.42 Å². The molecule has 0 saturated heterocycles. The third-order valence-corrected chi connectivity index (χ3v) is 2.71. The van der Waals surface area contributed by atoms with E-state index in [1.54, 1.807) is 0 Å². The Balaban J connectivity index is -0.000000200. The summed E-state index contributed by atoms with van der Waals surface area (Å²) in [5, 5.41) is 0. The molecule has 0 radical (unpaired) electrons. The average molecular weight is 271 g/mol. The number of alkyl halides is 1. The number of halogens is 2. The van der Waals surface area contributed by atoms with E-state index in [9.17, 15) is 0 Å². The van der Waals surface area contributed by atoms with Crippen molar-refractivity contribution in [3.63, 3.8) is 0 Å². The number of hydrogen-bond donors (Lipinski definition) is 0. The summed E-state index contributed by atoms with van der Waals surface area (Å²) in [6, 6.07) is 0. The summed E-state index contributed by atoms with van der Waals surface area (Å²) in [5.41, 5.74) is 0. The van der Waals surface area contributed by atoms with Crippen LogP contribution in [0.2, 0.25) is 0 Å². The first-order chi connectivity index (χ1) is 7.33. The van der Waals surface area contributed by atoms with Gasteiger partial charge in [-0.3, -0.25) is 0 Å². The van der Waals surface area contributed by atoms with Crippen molar-refractivity contribution in [3.8, 4) is 0 Å². The Labute approximate surface area is 115 Å². The molecule has 0 atom stereocenters. The Morgan fingerprint density at radius 1 is 0.562 bits per heavy atom. The topological polar surface area (TPSA) is 0 Å². The maximum absolute atomic E-state index is 5.48. The second kappa shape index (κ2) is 24.7. The SMILES string of the molecule is CCCCCCC.CCCCCCCCl.Cl. The van der Waals surface area contributed by atoms with Crippen molar-refractivity contribution in [1.82, 2.24) is 0 Å². The molecule has 16 heavy (non-hydrogen) atoms. The van der Waals surface area contributed by atoms with Gasteiger partial charge < -0.3 is 0 Å². The molecule has 0 aromatic heterocycles. The Morgan fingerprint density at radius 2 is 0.875 bits per heavy atom. The lowest BCUT2D eigenvalue weighted by Gasteiger charge is -1.93. The van der Waals surface area contributed by atoms with Gasteiger partial charge in [-0.25, -0.2) is 0 Å². The highest BCUT2D eigenvalue weighted by molar-refractivity contribution is 6.17. The van der Waals surface area contributed by atoms with Gasteiger partial charge in [0.05, 0.1) is 0 Å². The zero-order valence-electron chi connectivity index (χ0n) is 11.6. The summed E-state index contributed by atoms with van der Waals surface area (Å²) >= 11 is 5.48. The third kappa shape index (κ3) is 29.3. The molecule has 0 aliphatic rings. The Hall–Kier alpha value is 0.580. The normalized spacial score (nSPS) is 9.00. The quantitative estimate of drug-likeness (QED) is 0.327. The van der Waals surface area contributed by atoms with E-state index in [2.05, 4.69) is 20.8 Å². The molecular weight excluding hydrogens is 239 g/mol. The molecule has 0 aromatic rings. The maximum Gasteiger partial charge on any atom is 0.0223 e. The third-order valence-electron chi connectivity index (χ3n) is 2.44. The van der Waals surface area contributed by atoms with Gasteiger partial charge in [0.15, 0.2) is 0 Å². The molecular formula is C14H32Cl2. The molecule has 0 amide bonds. The van der Waals surface area contributed by atoms with Gasteiger partial charge in [-0.2, -0.15) is 0 Å². The first-order valence-corrected chi connectivity index (χ1v) is 7.42. The van der Waals surface area contributed by atoms with Crippen LogP contribution in [0.5, 0.6) is 0 Å². The van der Waals surface area contributed by atoms with Crippen LogP contribution >= 0.6 is 24.0 Å². The van der Waals surface area contributed by atoms with Crippen molar-refractivity contribution in [2.75, 3.05) is 5.88 Å². The summed E-state index contributed by atoms with van der Waals surface area (Å²) in [4.78, 5) is 0. The molecule has 0 spiro atoms. The van der Waals surface area contributed by atoms with Crippen LogP contribution < -0.4 is 0 Å². The molecule has 0 bridgehead atoms. The number of hydrogen-bond acceptors (Lipinski definition) is 0. The van der Waals surface area contributed by atoms with Crippen LogP contribution in [0, 0.1) is 0 Å². The van der Waals surface area contributed by atoms with Crippen LogP contribution in [0.15, 0.2) is 0 Å². The highest BCUT2D eigenvalue weighted by Gasteiger charge is 1.84. The summed E-state index contributed by atoms with van der Waals surface area (Å²) in [5.74, 6) is 0.837. The van der Waals surface area contributed by atoms with E-state index in [0.717, 1.165) is 5.88 Å². The molecule has 0 unspecified atom stereocenters. The fourth-order valence-electron chi connectivity index (χ4n) is 1.37. The lowest BCUT2D eigenvalue weighted by molar-refractivity contribution is 0.656. The minimum Gasteiger partial charge on any atom is -0.147 e. The van der Waals surface area contributed by atoms with Gasteiger partial charge in [0.25, 0.3) is 0 Å². The zero-order valence-corrected chi connectivity index (χ0v) is 13.1. The molecule has 0 aliphatic carbocycles. The van der Waals surface area contributed by atoms with E-state index in [4.69, 9.17) is 11.6 Å². The van der Waals surface area contributed by atoms with Crippen molar-refractivity contribution in [2.24, 2.45) is 0 Å². The second-order valence-electron chi connectivity index (χ2n) is 4.16. The Morgan fingerprint density at radius 3 is 1.19 bits per heavy atom. The van der Waals surface area contributed by atoms with Gasteiger partial charge >= 0.3 is 0 Å². The highest BCUT2D eigenvalue weighted by atomic mass is 35.5. The van der Waals surface area contributed by atoms with E-state index in [1.807, 2.05) is 0 Å². The van der Waals surface area contributed by atoms with Crippen molar-refractivity contribution < 1.29 is 0 Å². The van der Waals surface area contributed by atoms with E-state index in [0.29, 0.717) is 0 Å². The summed E-state index contributed by atoms with van der Waals surface area (Å²) in [6.07, 6.45) is 13.6. The average Bonchev–Trinajstić information content (AvgIpc) is 2.26. The smallest absolute Gasteiger partial charge is 0.0223 e. The Bertz CT molecular complexity index is 74.8. The van der Waals surface area contributed by atoms with Crippen LogP contribution in [-0.2, 0) is 0 Å². The van der Waals surface area contributed by atoms with Crippen molar-refractivity contribution in [1.29, 1.82) is 0 Å². The molecule has 0 nitrogen and oxygen atoms in total. The molecule has 0 N–H and O–H groups in total. The van der Waals surface area contributed by atoms with Crippen molar-refractivity contribution >= 4 is 24.0 Å². The van der Waals surface area contributed by atoms with E-state index >= 15 is 0 Å². The second-order valence-corrected chi connectivity index (χ2v) is 4.54. The predicted molar refractivity (Wildman–Crippen MR) is 81.2 cm³/mol. The van der Waals surface area contributed by atoms with Crippen LogP contribution in [0.25, 0.3) is 0 Å². The molecule has 0 fully saturated rings. The minimum atomic E-state index is 0. The number of rotatable bonds is 9. The van der Waals surface area contributed by atoms with E-state index < -0.39 is 0 Å². The van der Waals surface area contributed by atoms with Crippen molar-refractivity contribution in [3.05, 3.63) is 0 Å². The van der Waals surface area contributed by atoms with Crippen LogP contribution in [-0.4, -0.2) is 5.88 Å². The van der Waals surface area contributed by atoms with Gasteiger partial charge in [-0.1, -0.05) is 78.6 Å². The summed E-state index contributed by atoms with van der Waals surface area (Å²) < 4.78 is 0. The number of unbranched alkanes of at least 4 members (excludes halogenated alkanes) is 8. The van der Waals surface area contributed by atoms with Crippen LogP contribution in [0.1, 0.15) is 85.0 Å². The lowest BCUT2D eigenvalue weighted by atomic mass is 10.2. The molecule has 0 saturated carbocycles. The minimum absolute atomic E-state index is 0. The Kier molecular flexibility index (Phi) is 33.7. The fourth-order valence-corrected chi connectivity index (χ4v) is 1.56. The van der Waals surface area contributed by atoms with Crippen molar-refractivity contribution in [2.45, 2.75) is 85.0 Å². The monoisotopic (exact) mass is 270 g/mol. The van der Waals surface area contributed by atoms with Gasteiger partial charge in [-0.15, -0.1) is 24.0 Å². The summed E-state index contributed by atoms with van der Waals surface area (Å²) in [6.45, 7) is 6.71. The largest absolute Gasteiger partial charge is 0.147 e. The molecule has 0 heterocycles. The van der Waals surface area contributed by atoms with E-state index in [1.165, 1.54) is 64.2 Å². The zero-order chi connectivity index (χ0) is 11.8. The van der Waals surface area contributed by atoms with Crippen LogP contribution in [0.4, 0.5) is 0 Å². The first-order valence-electron chi connectivity index (χ1n) is 6.89. The molecule has 0 aromatic carbocycles. The standard InChI is InChI=1S/C7H15Cl.C7H16.ClH/c1-2-3-4-5-6-7-8;1-3-5-7-6-4-2;/h2-7H2,1H3;3-7H2,1-2H3;1H. The molecule has 2 heteroatoms. The lowest BCUT2D eigenvalue weighted by Crippen LogP contribution is -1.76. The summed E-state index contributed by atoms with van der Waals surface area (Å²) in [7, 11) is 0. The molecule has 0 aliphatic heterocycles. The first kappa shape index (κ1) is 21.8. The van der Waals surface area contributed by atoms with Gasteiger partial charge in [0.1, 0.15) is 0 Å². The predicted octanol–water partition coefficient (Wildman–Crippen LogP) is 6.59. The molecule has 102 valence electrons.